The molecule has 0 aliphatic heterocycles. The molecule has 0 spiro atoms. The summed E-state index contributed by atoms with van der Waals surface area (Å²) in [5, 5.41) is 0.487. The molecule has 0 amide bonds. The lowest BCUT2D eigenvalue weighted by Gasteiger charge is -2.10. The van der Waals surface area contributed by atoms with E-state index >= 15 is 0 Å². The van der Waals surface area contributed by atoms with Crippen LogP contribution in [0.4, 0.5) is 0 Å². The van der Waals surface area contributed by atoms with Crippen LogP contribution in [0.5, 0.6) is 11.5 Å². The van der Waals surface area contributed by atoms with Crippen molar-refractivity contribution in [1.29, 1.82) is 0 Å². The number of methoxy groups -OCH3 is 1. The first-order valence-electron chi connectivity index (χ1n) is 6.54. The Labute approximate surface area is 134 Å². The number of halogens is 1. The Morgan fingerprint density at radius 2 is 1.77 bits per heavy atom. The lowest BCUT2D eigenvalue weighted by atomic mass is 10.3. The monoisotopic (exact) mass is 341 g/mol. The van der Waals surface area contributed by atoms with Crippen LogP contribution < -0.4 is 14.2 Å². The van der Waals surface area contributed by atoms with Gasteiger partial charge in [-0.3, -0.25) is 0 Å². The maximum Gasteiger partial charge on any atom is 0.240 e. The Balaban J connectivity index is 1.88. The molecule has 0 saturated heterocycles. The van der Waals surface area contributed by atoms with Crippen molar-refractivity contribution < 1.29 is 17.9 Å². The van der Waals surface area contributed by atoms with Crippen molar-refractivity contribution in [1.82, 2.24) is 4.72 Å². The molecular formula is C15H16ClNO4S. The zero-order valence-electron chi connectivity index (χ0n) is 12.0. The summed E-state index contributed by atoms with van der Waals surface area (Å²) in [4.78, 5) is 0.172. The molecule has 2 aromatic carbocycles. The Hall–Kier alpha value is -1.76. The van der Waals surface area contributed by atoms with E-state index in [1.807, 2.05) is 0 Å². The lowest BCUT2D eigenvalue weighted by molar-refractivity contribution is 0.323. The third-order valence-corrected chi connectivity index (χ3v) is 4.65. The summed E-state index contributed by atoms with van der Waals surface area (Å²) >= 11 is 5.94. The number of rotatable bonds is 7. The van der Waals surface area contributed by atoms with E-state index < -0.39 is 10.0 Å². The van der Waals surface area contributed by atoms with Gasteiger partial charge in [0.2, 0.25) is 10.0 Å². The highest BCUT2D eigenvalue weighted by Crippen LogP contribution is 2.22. The highest BCUT2D eigenvalue weighted by Gasteiger charge is 2.13. The van der Waals surface area contributed by atoms with Gasteiger partial charge in [0.05, 0.1) is 17.0 Å². The molecule has 0 saturated carbocycles. The van der Waals surface area contributed by atoms with E-state index in [2.05, 4.69) is 4.72 Å². The third kappa shape index (κ3) is 4.37. The Bertz CT molecular complexity index is 717. The van der Waals surface area contributed by atoms with Crippen LogP contribution in [0.15, 0.2) is 53.4 Å². The number of ether oxygens (including phenoxy) is 2. The van der Waals surface area contributed by atoms with Gasteiger partial charge in [-0.1, -0.05) is 23.7 Å². The van der Waals surface area contributed by atoms with Gasteiger partial charge in [0.1, 0.15) is 18.1 Å². The van der Waals surface area contributed by atoms with Crippen molar-refractivity contribution >= 4 is 21.6 Å². The molecule has 0 unspecified atom stereocenters. The maximum atomic E-state index is 12.1. The third-order valence-electron chi connectivity index (χ3n) is 2.86. The molecule has 0 atom stereocenters. The van der Waals surface area contributed by atoms with Crippen molar-refractivity contribution in [2.45, 2.75) is 4.90 Å². The summed E-state index contributed by atoms with van der Waals surface area (Å²) in [6, 6.07) is 13.2. The number of sulfonamides is 1. The molecule has 0 heterocycles. The van der Waals surface area contributed by atoms with Gasteiger partial charge in [-0.15, -0.1) is 0 Å². The Kier molecular flexibility index (Phi) is 5.65. The van der Waals surface area contributed by atoms with E-state index in [-0.39, 0.29) is 18.0 Å². The van der Waals surface area contributed by atoms with E-state index in [9.17, 15) is 8.42 Å². The number of hydrogen-bond donors (Lipinski definition) is 1. The fourth-order valence-corrected chi connectivity index (χ4v) is 2.94. The molecule has 2 aromatic rings. The summed E-state index contributed by atoms with van der Waals surface area (Å²) < 4.78 is 37.0. The smallest absolute Gasteiger partial charge is 0.240 e. The van der Waals surface area contributed by atoms with Gasteiger partial charge in [-0.25, -0.2) is 13.1 Å². The van der Waals surface area contributed by atoms with Crippen LogP contribution in [0.3, 0.4) is 0 Å². The van der Waals surface area contributed by atoms with E-state index in [1.54, 1.807) is 36.4 Å². The fourth-order valence-electron chi connectivity index (χ4n) is 1.74. The summed E-state index contributed by atoms with van der Waals surface area (Å²) in [6.07, 6.45) is 0. The minimum absolute atomic E-state index is 0.138. The molecule has 0 aromatic heterocycles. The molecule has 0 bridgehead atoms. The van der Waals surface area contributed by atoms with E-state index in [1.165, 1.54) is 19.2 Å². The van der Waals surface area contributed by atoms with Gasteiger partial charge < -0.3 is 9.47 Å². The van der Waals surface area contributed by atoms with Gasteiger partial charge >= 0.3 is 0 Å². The van der Waals surface area contributed by atoms with E-state index in [4.69, 9.17) is 21.1 Å². The quantitative estimate of drug-likeness (QED) is 0.786. The molecule has 1 N–H and O–H groups in total. The van der Waals surface area contributed by atoms with Crippen LogP contribution in [-0.4, -0.2) is 28.7 Å². The molecule has 7 heteroatoms. The standard InChI is InChI=1S/C15H16ClNO4S/c1-20-12-6-8-13(9-7-12)22(18,19)17-10-11-21-15-5-3-2-4-14(15)16/h2-9,17H,10-11H2,1H3. The van der Waals surface area contributed by atoms with Gasteiger partial charge in [-0.2, -0.15) is 0 Å². The first-order chi connectivity index (χ1) is 10.5. The number of nitrogens with one attached hydrogen (secondary N) is 1. The van der Waals surface area contributed by atoms with Gasteiger partial charge in [0.15, 0.2) is 0 Å². The van der Waals surface area contributed by atoms with Crippen LogP contribution in [-0.2, 0) is 10.0 Å². The van der Waals surface area contributed by atoms with Crippen molar-refractivity contribution in [3.05, 3.63) is 53.6 Å². The van der Waals surface area contributed by atoms with Gasteiger partial charge in [0, 0.05) is 6.54 Å². The van der Waals surface area contributed by atoms with Crippen LogP contribution in [0.25, 0.3) is 0 Å². The zero-order valence-corrected chi connectivity index (χ0v) is 13.5. The molecule has 22 heavy (non-hydrogen) atoms. The fraction of sp³-hybridized carbons (Fsp3) is 0.200. The Morgan fingerprint density at radius 1 is 1.09 bits per heavy atom. The molecule has 0 aliphatic carbocycles. The Morgan fingerprint density at radius 3 is 2.41 bits per heavy atom. The van der Waals surface area contributed by atoms with E-state index in [0.29, 0.717) is 16.5 Å². The van der Waals surface area contributed by atoms with Crippen LogP contribution >= 0.6 is 11.6 Å². The van der Waals surface area contributed by atoms with Gasteiger partial charge in [0.25, 0.3) is 0 Å². The average Bonchev–Trinajstić information content (AvgIpc) is 2.53. The SMILES string of the molecule is COc1ccc(S(=O)(=O)NCCOc2ccccc2Cl)cc1. The predicted octanol–water partition coefficient (Wildman–Crippen LogP) is 2.71. The highest BCUT2D eigenvalue weighted by molar-refractivity contribution is 7.89. The van der Waals surface area contributed by atoms with Crippen LogP contribution in [0.2, 0.25) is 5.02 Å². The number of benzene rings is 2. The van der Waals surface area contributed by atoms with Crippen molar-refractivity contribution in [3.63, 3.8) is 0 Å². The van der Waals surface area contributed by atoms with E-state index in [0.717, 1.165) is 0 Å². The maximum absolute atomic E-state index is 12.1. The number of para-hydroxylation sites is 1. The summed E-state index contributed by atoms with van der Waals surface area (Å²) in [5.74, 6) is 1.12. The normalized spacial score (nSPS) is 11.2. The highest BCUT2D eigenvalue weighted by atomic mass is 35.5. The molecule has 118 valence electrons. The van der Waals surface area contributed by atoms with Crippen molar-refractivity contribution in [2.24, 2.45) is 0 Å². The second-order valence-corrected chi connectivity index (χ2v) is 6.53. The summed E-state index contributed by atoms with van der Waals surface area (Å²) in [6.45, 7) is 0.318. The second kappa shape index (κ2) is 7.49. The first kappa shape index (κ1) is 16.6. The predicted molar refractivity (Wildman–Crippen MR) is 85.1 cm³/mol. The second-order valence-electron chi connectivity index (χ2n) is 4.35. The summed E-state index contributed by atoms with van der Waals surface area (Å²) in [5.41, 5.74) is 0. The first-order valence-corrected chi connectivity index (χ1v) is 8.40. The zero-order chi connectivity index (χ0) is 16.0. The largest absolute Gasteiger partial charge is 0.497 e. The lowest BCUT2D eigenvalue weighted by Crippen LogP contribution is -2.28. The molecular weight excluding hydrogens is 326 g/mol. The summed E-state index contributed by atoms with van der Waals surface area (Å²) in [7, 11) is -2.05. The van der Waals surface area contributed by atoms with Crippen molar-refractivity contribution in [2.75, 3.05) is 20.3 Å². The molecule has 5 nitrogen and oxygen atoms in total. The minimum Gasteiger partial charge on any atom is -0.497 e. The molecule has 2 rings (SSSR count). The molecule has 0 radical (unpaired) electrons. The van der Waals surface area contributed by atoms with Crippen LogP contribution in [0, 0.1) is 0 Å². The molecule has 0 fully saturated rings. The topological polar surface area (TPSA) is 64.6 Å². The average molecular weight is 342 g/mol. The number of hydrogen-bond acceptors (Lipinski definition) is 4. The van der Waals surface area contributed by atoms with Gasteiger partial charge in [-0.05, 0) is 36.4 Å². The minimum atomic E-state index is -3.57. The van der Waals surface area contributed by atoms with Crippen LogP contribution in [0.1, 0.15) is 0 Å². The molecule has 0 aliphatic rings. The van der Waals surface area contributed by atoms with Crippen molar-refractivity contribution in [3.8, 4) is 11.5 Å².